The van der Waals surface area contributed by atoms with E-state index in [9.17, 15) is 15.2 Å². The van der Waals surface area contributed by atoms with Gasteiger partial charge in [0.15, 0.2) is 5.75 Å². The van der Waals surface area contributed by atoms with Crippen molar-refractivity contribution in [1.82, 2.24) is 0 Å². The number of nitrogens with zero attached hydrogens (tertiary/aromatic N) is 1. The number of anilines is 1. The second kappa shape index (κ2) is 5.34. The Morgan fingerprint density at radius 2 is 2.19 bits per heavy atom. The van der Waals surface area contributed by atoms with Crippen LogP contribution in [0.1, 0.15) is 20.3 Å². The first-order valence-electron chi connectivity index (χ1n) is 5.22. The van der Waals surface area contributed by atoms with Crippen LogP contribution in [-0.4, -0.2) is 16.6 Å². The summed E-state index contributed by atoms with van der Waals surface area (Å²) in [5.41, 5.74) is 0.389. The van der Waals surface area contributed by atoms with E-state index in [1.807, 2.05) is 0 Å². The zero-order valence-electron chi connectivity index (χ0n) is 9.43. The molecular formula is C11H16N2O3. The van der Waals surface area contributed by atoms with Gasteiger partial charge in [0.1, 0.15) is 0 Å². The average molecular weight is 224 g/mol. The van der Waals surface area contributed by atoms with Gasteiger partial charge in [0.2, 0.25) is 0 Å². The van der Waals surface area contributed by atoms with Crippen LogP contribution >= 0.6 is 0 Å². The Labute approximate surface area is 94.3 Å². The highest BCUT2D eigenvalue weighted by atomic mass is 16.6. The quantitative estimate of drug-likeness (QED) is 0.458. The van der Waals surface area contributed by atoms with Crippen molar-refractivity contribution in [1.29, 1.82) is 0 Å². The Bertz CT molecular complexity index is 377. The number of hydrogen-bond acceptors (Lipinski definition) is 4. The van der Waals surface area contributed by atoms with E-state index in [0.717, 1.165) is 13.0 Å². The van der Waals surface area contributed by atoms with Crippen molar-refractivity contribution in [2.24, 2.45) is 5.92 Å². The number of nitro benzene ring substituents is 1. The molecule has 0 aliphatic carbocycles. The lowest BCUT2D eigenvalue weighted by molar-refractivity contribution is -0.385. The maximum absolute atomic E-state index is 10.6. The minimum absolute atomic E-state index is 0.269. The first kappa shape index (κ1) is 12.3. The first-order chi connectivity index (χ1) is 7.50. The smallest absolute Gasteiger partial charge is 0.312 e. The van der Waals surface area contributed by atoms with E-state index in [2.05, 4.69) is 19.2 Å². The number of aromatic hydroxyl groups is 1. The number of nitro groups is 1. The second-order valence-electron chi connectivity index (χ2n) is 4.07. The van der Waals surface area contributed by atoms with Gasteiger partial charge in [0, 0.05) is 18.3 Å². The van der Waals surface area contributed by atoms with Gasteiger partial charge in [-0.1, -0.05) is 13.8 Å². The van der Waals surface area contributed by atoms with Gasteiger partial charge in [-0.05, 0) is 24.5 Å². The minimum Gasteiger partial charge on any atom is -0.502 e. The zero-order valence-corrected chi connectivity index (χ0v) is 9.43. The van der Waals surface area contributed by atoms with Crippen molar-refractivity contribution in [2.45, 2.75) is 20.3 Å². The molecule has 0 unspecified atom stereocenters. The van der Waals surface area contributed by atoms with E-state index in [1.54, 1.807) is 6.07 Å². The van der Waals surface area contributed by atoms with Crippen LogP contribution < -0.4 is 5.32 Å². The molecule has 0 aliphatic heterocycles. The summed E-state index contributed by atoms with van der Waals surface area (Å²) in [5.74, 6) is 0.277. The predicted molar refractivity (Wildman–Crippen MR) is 62.7 cm³/mol. The summed E-state index contributed by atoms with van der Waals surface area (Å²) in [5, 5.41) is 22.9. The van der Waals surface area contributed by atoms with Crippen LogP contribution in [0.5, 0.6) is 5.75 Å². The van der Waals surface area contributed by atoms with Crippen LogP contribution in [-0.2, 0) is 0 Å². The van der Waals surface area contributed by atoms with Gasteiger partial charge in [-0.15, -0.1) is 0 Å². The monoisotopic (exact) mass is 224 g/mol. The normalized spacial score (nSPS) is 10.4. The Balaban J connectivity index is 2.68. The van der Waals surface area contributed by atoms with Crippen LogP contribution in [0.25, 0.3) is 0 Å². The molecule has 16 heavy (non-hydrogen) atoms. The molecule has 0 heterocycles. The highest BCUT2D eigenvalue weighted by Gasteiger charge is 2.13. The van der Waals surface area contributed by atoms with Crippen molar-refractivity contribution in [3.8, 4) is 5.75 Å². The molecule has 0 saturated heterocycles. The van der Waals surface area contributed by atoms with Crippen molar-refractivity contribution in [3.05, 3.63) is 28.3 Å². The summed E-state index contributed by atoms with van der Waals surface area (Å²) >= 11 is 0. The first-order valence-corrected chi connectivity index (χ1v) is 5.22. The molecule has 0 bridgehead atoms. The van der Waals surface area contributed by atoms with Crippen LogP contribution in [0.2, 0.25) is 0 Å². The van der Waals surface area contributed by atoms with Gasteiger partial charge in [-0.3, -0.25) is 10.1 Å². The fourth-order valence-electron chi connectivity index (χ4n) is 1.28. The molecule has 0 spiro atoms. The van der Waals surface area contributed by atoms with E-state index < -0.39 is 4.92 Å². The topological polar surface area (TPSA) is 75.4 Å². The molecule has 0 saturated carbocycles. The van der Waals surface area contributed by atoms with Gasteiger partial charge in [-0.2, -0.15) is 0 Å². The molecule has 1 aromatic rings. The lowest BCUT2D eigenvalue weighted by Crippen LogP contribution is -2.04. The SMILES string of the molecule is CC(C)CCNc1ccc(O)c([N+](=O)[O-])c1. The molecule has 2 N–H and O–H groups in total. The van der Waals surface area contributed by atoms with E-state index in [4.69, 9.17) is 0 Å². The molecule has 0 amide bonds. The third-order valence-corrected chi connectivity index (χ3v) is 2.22. The van der Waals surface area contributed by atoms with Crippen molar-refractivity contribution < 1.29 is 10.0 Å². The molecule has 88 valence electrons. The van der Waals surface area contributed by atoms with E-state index in [1.165, 1.54) is 12.1 Å². The van der Waals surface area contributed by atoms with Crippen molar-refractivity contribution >= 4 is 11.4 Å². The molecule has 0 aromatic heterocycles. The maximum Gasteiger partial charge on any atom is 0.312 e. The van der Waals surface area contributed by atoms with Crippen LogP contribution in [0.15, 0.2) is 18.2 Å². The summed E-state index contributed by atoms with van der Waals surface area (Å²) in [6.45, 7) is 4.99. The van der Waals surface area contributed by atoms with Gasteiger partial charge < -0.3 is 10.4 Å². The molecule has 0 fully saturated rings. The summed E-state index contributed by atoms with van der Waals surface area (Å²) in [4.78, 5) is 9.98. The van der Waals surface area contributed by atoms with E-state index in [0.29, 0.717) is 11.6 Å². The lowest BCUT2D eigenvalue weighted by Gasteiger charge is -2.08. The average Bonchev–Trinajstić information content (AvgIpc) is 2.19. The Morgan fingerprint density at radius 3 is 2.75 bits per heavy atom. The van der Waals surface area contributed by atoms with Crippen molar-refractivity contribution in [2.75, 3.05) is 11.9 Å². The number of nitrogens with one attached hydrogen (secondary N) is 1. The summed E-state index contributed by atoms with van der Waals surface area (Å²) < 4.78 is 0. The number of benzene rings is 1. The summed E-state index contributed by atoms with van der Waals surface area (Å²) in [7, 11) is 0. The Hall–Kier alpha value is -1.78. The second-order valence-corrected chi connectivity index (χ2v) is 4.07. The van der Waals surface area contributed by atoms with Gasteiger partial charge in [0.25, 0.3) is 0 Å². The third kappa shape index (κ3) is 3.42. The van der Waals surface area contributed by atoms with E-state index >= 15 is 0 Å². The minimum atomic E-state index is -0.594. The number of phenolic OH excluding ortho intramolecular Hbond substituents is 1. The van der Waals surface area contributed by atoms with Crippen LogP contribution in [0, 0.1) is 16.0 Å². The summed E-state index contributed by atoms with van der Waals surface area (Å²) in [6, 6.07) is 4.30. The number of hydrogen-bond donors (Lipinski definition) is 2. The van der Waals surface area contributed by atoms with Crippen LogP contribution in [0.4, 0.5) is 11.4 Å². The van der Waals surface area contributed by atoms with Gasteiger partial charge in [-0.25, -0.2) is 0 Å². The summed E-state index contributed by atoms with van der Waals surface area (Å²) in [6.07, 6.45) is 0.995. The van der Waals surface area contributed by atoms with Crippen LogP contribution in [0.3, 0.4) is 0 Å². The Morgan fingerprint density at radius 1 is 1.50 bits per heavy atom. The van der Waals surface area contributed by atoms with Gasteiger partial charge in [0.05, 0.1) is 4.92 Å². The molecule has 1 aromatic carbocycles. The zero-order chi connectivity index (χ0) is 12.1. The van der Waals surface area contributed by atoms with E-state index in [-0.39, 0.29) is 11.4 Å². The molecule has 5 heteroatoms. The molecule has 0 radical (unpaired) electrons. The molecular weight excluding hydrogens is 208 g/mol. The fourth-order valence-corrected chi connectivity index (χ4v) is 1.28. The molecule has 5 nitrogen and oxygen atoms in total. The largest absolute Gasteiger partial charge is 0.502 e. The molecule has 0 atom stereocenters. The fraction of sp³-hybridized carbons (Fsp3) is 0.455. The number of phenols is 1. The molecule has 1 rings (SSSR count). The van der Waals surface area contributed by atoms with Crippen molar-refractivity contribution in [3.63, 3.8) is 0 Å². The Kier molecular flexibility index (Phi) is 4.10. The van der Waals surface area contributed by atoms with Gasteiger partial charge >= 0.3 is 5.69 Å². The number of rotatable bonds is 5. The highest BCUT2D eigenvalue weighted by Crippen LogP contribution is 2.28. The highest BCUT2D eigenvalue weighted by molar-refractivity contribution is 5.57. The lowest BCUT2D eigenvalue weighted by atomic mass is 10.1. The third-order valence-electron chi connectivity index (χ3n) is 2.22. The maximum atomic E-state index is 10.6. The molecule has 0 aliphatic rings. The standard InChI is InChI=1S/C11H16N2O3/c1-8(2)5-6-12-9-3-4-11(14)10(7-9)13(15)16/h3-4,7-8,12,14H,5-6H2,1-2H3. The predicted octanol–water partition coefficient (Wildman–Crippen LogP) is 2.76.